The van der Waals surface area contributed by atoms with E-state index in [-0.39, 0.29) is 22.4 Å². The maximum atomic E-state index is 13.0. The van der Waals surface area contributed by atoms with E-state index in [0.717, 1.165) is 12.8 Å². The van der Waals surface area contributed by atoms with Gasteiger partial charge in [-0.05, 0) is 75.2 Å². The van der Waals surface area contributed by atoms with Gasteiger partial charge in [-0.1, -0.05) is 41.8 Å². The molecule has 3 heteroatoms. The second-order valence-corrected chi connectivity index (χ2v) is 10.6. The average Bonchev–Trinajstić information content (AvgIpc) is 3.41. The van der Waals surface area contributed by atoms with Crippen molar-refractivity contribution in [2.24, 2.45) is 5.92 Å². The number of rotatable bonds is 4. The van der Waals surface area contributed by atoms with E-state index in [9.17, 15) is 4.79 Å². The van der Waals surface area contributed by atoms with Gasteiger partial charge in [-0.15, -0.1) is 6.42 Å². The normalized spacial score (nSPS) is 17.7. The molecule has 1 heterocycles. The van der Waals surface area contributed by atoms with Gasteiger partial charge in [0.05, 0.1) is 5.56 Å². The van der Waals surface area contributed by atoms with E-state index in [2.05, 4.69) is 67.5 Å². The summed E-state index contributed by atoms with van der Waals surface area (Å²) >= 11 is 0. The van der Waals surface area contributed by atoms with Gasteiger partial charge in [0.2, 0.25) is 0 Å². The van der Waals surface area contributed by atoms with Gasteiger partial charge in [0.1, 0.15) is 0 Å². The lowest BCUT2D eigenvalue weighted by Crippen LogP contribution is -2.36. The Kier molecular flexibility index (Phi) is 5.12. The molecule has 1 aliphatic carbocycles. The van der Waals surface area contributed by atoms with Crippen LogP contribution >= 0.6 is 10.5 Å². The summed E-state index contributed by atoms with van der Waals surface area (Å²) in [6.45, 7) is 3.93. The molecule has 0 radical (unpaired) electrons. The lowest BCUT2D eigenvalue weighted by molar-refractivity contribution is -0.000693. The molecule has 0 bridgehead atoms. The molecule has 2 atom stereocenters. The lowest BCUT2D eigenvalue weighted by Gasteiger charge is -2.29. The first-order valence-corrected chi connectivity index (χ1v) is 12.1. The molecule has 0 aliphatic heterocycles. The van der Waals surface area contributed by atoms with Crippen molar-refractivity contribution in [3.63, 3.8) is 0 Å². The first-order valence-electron chi connectivity index (χ1n) is 10.9. The standard InChI is InChI=1S/C29H25O2S/c1-4-29(3,22-16-13-20(2)19-22)31-28(30)21-14-17-23(18-15-21)32-26-11-7-5-9-24(26)25-10-6-8-12-27(25)32/h1,5-12,14-15,17-19,22H,13,16H2,2-3H3/q+1. The number of carbonyl (C=O) groups excluding carboxylic acids is 1. The zero-order valence-electron chi connectivity index (χ0n) is 18.3. The summed E-state index contributed by atoms with van der Waals surface area (Å²) in [5.74, 6) is 2.42. The van der Waals surface area contributed by atoms with Gasteiger partial charge in [-0.2, -0.15) is 0 Å². The highest BCUT2D eigenvalue weighted by molar-refractivity contribution is 7.50. The fourth-order valence-electron chi connectivity index (χ4n) is 4.63. The van der Waals surface area contributed by atoms with E-state index in [1.54, 1.807) is 0 Å². The van der Waals surface area contributed by atoms with E-state index >= 15 is 0 Å². The minimum atomic E-state index is -0.932. The summed E-state index contributed by atoms with van der Waals surface area (Å²) in [5.41, 5.74) is 0.895. The number of hydrogen-bond acceptors (Lipinski definition) is 2. The van der Waals surface area contributed by atoms with Gasteiger partial charge in [0.15, 0.2) is 19.9 Å². The molecule has 0 amide bonds. The molecule has 2 unspecified atom stereocenters. The lowest BCUT2D eigenvalue weighted by atomic mass is 9.89. The van der Waals surface area contributed by atoms with E-state index in [0.29, 0.717) is 5.56 Å². The predicted molar refractivity (Wildman–Crippen MR) is 134 cm³/mol. The van der Waals surface area contributed by atoms with Crippen molar-refractivity contribution in [2.75, 3.05) is 0 Å². The van der Waals surface area contributed by atoms with E-state index < -0.39 is 5.60 Å². The Hall–Kier alpha value is -3.35. The van der Waals surface area contributed by atoms with Gasteiger partial charge < -0.3 is 4.74 Å². The van der Waals surface area contributed by atoms with Crippen LogP contribution in [0.3, 0.4) is 0 Å². The van der Waals surface area contributed by atoms with Crippen LogP contribution in [-0.2, 0) is 4.74 Å². The highest BCUT2D eigenvalue weighted by Crippen LogP contribution is 2.48. The molecule has 0 saturated heterocycles. The molecule has 1 aromatic heterocycles. The molecular formula is C29H25O2S+. The van der Waals surface area contributed by atoms with Crippen molar-refractivity contribution in [2.45, 2.75) is 32.3 Å². The number of fused-ring (bicyclic) bond motifs is 3. The minimum Gasteiger partial charge on any atom is -0.442 e. The molecule has 4 aromatic rings. The molecule has 0 N–H and O–H groups in total. The van der Waals surface area contributed by atoms with Crippen LogP contribution in [0, 0.1) is 18.3 Å². The summed E-state index contributed by atoms with van der Waals surface area (Å²) in [4.78, 5) is 14.1. The van der Waals surface area contributed by atoms with Crippen LogP contribution in [0.2, 0.25) is 0 Å². The molecule has 0 saturated carbocycles. The average molecular weight is 438 g/mol. The smallest absolute Gasteiger partial charge is 0.339 e. The van der Waals surface area contributed by atoms with Crippen molar-refractivity contribution in [1.29, 1.82) is 0 Å². The number of esters is 1. The Morgan fingerprint density at radius 3 is 2.12 bits per heavy atom. The van der Waals surface area contributed by atoms with E-state index in [4.69, 9.17) is 11.2 Å². The maximum Gasteiger partial charge on any atom is 0.339 e. The Morgan fingerprint density at radius 2 is 1.59 bits per heavy atom. The van der Waals surface area contributed by atoms with Crippen LogP contribution in [0.1, 0.15) is 37.0 Å². The Morgan fingerprint density at radius 1 is 1.00 bits per heavy atom. The number of ether oxygens (including phenoxy) is 1. The number of allylic oxidation sites excluding steroid dienone is 1. The zero-order valence-corrected chi connectivity index (χ0v) is 19.1. The van der Waals surface area contributed by atoms with Crippen LogP contribution in [0.5, 0.6) is 0 Å². The topological polar surface area (TPSA) is 26.3 Å². The SMILES string of the molecule is C#CC(C)(OC(=O)c1ccc(-[s+]2c3ccccc3c3ccccc32)cc1)C1C=C(C)CC1. The largest absolute Gasteiger partial charge is 0.442 e. The fourth-order valence-corrected chi connectivity index (χ4v) is 7.00. The first-order chi connectivity index (χ1) is 15.5. The third kappa shape index (κ3) is 3.42. The van der Waals surface area contributed by atoms with Crippen LogP contribution in [-0.4, -0.2) is 11.6 Å². The summed E-state index contributed by atoms with van der Waals surface area (Å²) < 4.78 is 8.52. The highest BCUT2D eigenvalue weighted by Gasteiger charge is 2.37. The van der Waals surface area contributed by atoms with Gasteiger partial charge in [0.25, 0.3) is 0 Å². The van der Waals surface area contributed by atoms with Gasteiger partial charge >= 0.3 is 5.97 Å². The molecule has 0 fully saturated rings. The first kappa shape index (κ1) is 20.5. The van der Waals surface area contributed by atoms with Gasteiger partial charge in [-0.25, -0.2) is 4.79 Å². The van der Waals surface area contributed by atoms with Crippen molar-refractivity contribution < 1.29 is 9.53 Å². The second kappa shape index (κ2) is 7.97. The quantitative estimate of drug-likeness (QED) is 0.142. The van der Waals surface area contributed by atoms with Gasteiger partial charge in [-0.3, -0.25) is 0 Å². The van der Waals surface area contributed by atoms with Crippen molar-refractivity contribution >= 4 is 36.6 Å². The molecular weight excluding hydrogens is 412 g/mol. The molecule has 32 heavy (non-hydrogen) atoms. The number of hydrogen-bond donors (Lipinski definition) is 0. The summed E-state index contributed by atoms with van der Waals surface area (Å²) in [5, 5.41) is 2.58. The number of carbonyl (C=O) groups is 1. The molecule has 1 aliphatic rings. The summed E-state index contributed by atoms with van der Waals surface area (Å²) in [6.07, 6.45) is 9.86. The van der Waals surface area contributed by atoms with E-state index in [1.807, 2.05) is 31.2 Å². The number of benzene rings is 3. The monoisotopic (exact) mass is 437 g/mol. The van der Waals surface area contributed by atoms with Crippen LogP contribution in [0.15, 0.2) is 84.4 Å². The molecule has 5 rings (SSSR count). The Bertz CT molecular complexity index is 1350. The van der Waals surface area contributed by atoms with Crippen LogP contribution in [0.25, 0.3) is 25.1 Å². The number of thiophene rings is 1. The molecule has 3 aromatic carbocycles. The summed E-state index contributed by atoms with van der Waals surface area (Å²) in [6, 6.07) is 25.0. The Labute approximate surface area is 191 Å². The third-order valence-electron chi connectivity index (χ3n) is 6.46. The van der Waals surface area contributed by atoms with Crippen molar-refractivity contribution in [1.82, 2.24) is 0 Å². The van der Waals surface area contributed by atoms with Gasteiger partial charge in [0, 0.05) is 27.2 Å². The highest BCUT2D eigenvalue weighted by atomic mass is 32.2. The minimum absolute atomic E-state index is 0.0590. The molecule has 0 spiro atoms. The maximum absolute atomic E-state index is 13.0. The second-order valence-electron chi connectivity index (χ2n) is 8.62. The van der Waals surface area contributed by atoms with Crippen LogP contribution in [0.4, 0.5) is 0 Å². The van der Waals surface area contributed by atoms with Crippen molar-refractivity contribution in [3.8, 4) is 17.2 Å². The zero-order chi connectivity index (χ0) is 22.3. The predicted octanol–water partition coefficient (Wildman–Crippen LogP) is 7.64. The van der Waals surface area contributed by atoms with E-state index in [1.165, 1.54) is 30.6 Å². The Balaban J connectivity index is 1.47. The molecule has 158 valence electrons. The fraction of sp³-hybridized carbons (Fsp3) is 0.207. The molecule has 2 nitrogen and oxygen atoms in total. The van der Waals surface area contributed by atoms with Crippen LogP contribution < -0.4 is 0 Å². The summed E-state index contributed by atoms with van der Waals surface area (Å²) in [7, 11) is -0.181. The number of terminal acetylenes is 1. The third-order valence-corrected chi connectivity index (χ3v) is 8.80. The van der Waals surface area contributed by atoms with Crippen molar-refractivity contribution in [3.05, 3.63) is 90.0 Å².